The van der Waals surface area contributed by atoms with Gasteiger partial charge in [0.2, 0.25) is 0 Å². The number of aryl methyl sites for hydroxylation is 1. The van der Waals surface area contributed by atoms with E-state index in [-0.39, 0.29) is 6.61 Å². The molecule has 2 N–H and O–H groups in total. The molecule has 0 aromatic carbocycles. The molecule has 0 radical (unpaired) electrons. The molecule has 0 saturated carbocycles. The molecule has 0 atom stereocenters. The first-order valence-corrected chi connectivity index (χ1v) is 8.03. The normalized spacial score (nSPS) is 10.8. The predicted molar refractivity (Wildman–Crippen MR) is 88.9 cm³/mol. The van der Waals surface area contributed by atoms with Crippen LogP contribution in [-0.2, 0) is 13.1 Å². The van der Waals surface area contributed by atoms with Crippen LogP contribution < -0.4 is 5.32 Å². The summed E-state index contributed by atoms with van der Waals surface area (Å²) in [7, 11) is 0. The van der Waals surface area contributed by atoms with E-state index < -0.39 is 0 Å². The second kappa shape index (κ2) is 6.72. The van der Waals surface area contributed by atoms with Gasteiger partial charge in [0, 0.05) is 24.5 Å². The lowest BCUT2D eigenvalue weighted by atomic mass is 10.2. The molecule has 3 heterocycles. The first kappa shape index (κ1) is 14.7. The van der Waals surface area contributed by atoms with Gasteiger partial charge in [0.05, 0.1) is 18.0 Å². The van der Waals surface area contributed by atoms with Crippen molar-refractivity contribution in [2.75, 3.05) is 11.9 Å². The summed E-state index contributed by atoms with van der Waals surface area (Å²) in [4.78, 5) is 5.42. The van der Waals surface area contributed by atoms with Gasteiger partial charge in [-0.15, -0.1) is 11.3 Å². The van der Waals surface area contributed by atoms with Gasteiger partial charge in [-0.3, -0.25) is 4.98 Å². The van der Waals surface area contributed by atoms with Crippen molar-refractivity contribution in [2.45, 2.75) is 20.0 Å². The molecule has 0 amide bonds. The largest absolute Gasteiger partial charge is 0.394 e. The average molecular weight is 314 g/mol. The number of hydrogen-bond acceptors (Lipinski definition) is 5. The number of hydrogen-bond donors (Lipinski definition) is 2. The van der Waals surface area contributed by atoms with Crippen molar-refractivity contribution in [1.29, 1.82) is 0 Å². The predicted octanol–water partition coefficient (Wildman–Crippen LogP) is 2.92. The van der Waals surface area contributed by atoms with Crippen molar-refractivity contribution >= 4 is 17.2 Å². The maximum atomic E-state index is 9.22. The first-order chi connectivity index (χ1) is 10.8. The third-order valence-electron chi connectivity index (χ3n) is 3.44. The van der Waals surface area contributed by atoms with Crippen molar-refractivity contribution in [3.8, 4) is 10.6 Å². The third kappa shape index (κ3) is 3.18. The highest BCUT2D eigenvalue weighted by Gasteiger charge is 2.10. The number of rotatable bonds is 6. The number of pyridine rings is 1. The Morgan fingerprint density at radius 3 is 2.95 bits per heavy atom. The molecular weight excluding hydrogens is 296 g/mol. The van der Waals surface area contributed by atoms with E-state index in [0.717, 1.165) is 27.6 Å². The van der Waals surface area contributed by atoms with E-state index in [1.54, 1.807) is 22.2 Å². The molecule has 22 heavy (non-hydrogen) atoms. The van der Waals surface area contributed by atoms with Gasteiger partial charge in [-0.2, -0.15) is 5.10 Å². The van der Waals surface area contributed by atoms with Crippen LogP contribution in [0.3, 0.4) is 0 Å². The molecule has 3 aromatic rings. The molecule has 3 rings (SSSR count). The van der Waals surface area contributed by atoms with E-state index >= 15 is 0 Å². The molecule has 5 nitrogen and oxygen atoms in total. The number of nitrogens with zero attached hydrogens (tertiary/aromatic N) is 3. The number of aromatic nitrogens is 3. The van der Waals surface area contributed by atoms with Crippen molar-refractivity contribution in [1.82, 2.24) is 14.8 Å². The van der Waals surface area contributed by atoms with Crippen LogP contribution in [0.15, 0.2) is 41.9 Å². The highest BCUT2D eigenvalue weighted by molar-refractivity contribution is 7.13. The Bertz CT molecular complexity index is 736. The Kier molecular flexibility index (Phi) is 4.50. The standard InChI is InChI=1S/C16H18N4OS/c1-12-13(4-2-6-17-12)11-18-16-10-14(15-5-3-9-22-15)19-20(16)7-8-21/h2-6,9-10,18,21H,7-8,11H2,1H3. The topological polar surface area (TPSA) is 63.0 Å². The Morgan fingerprint density at radius 1 is 1.32 bits per heavy atom. The summed E-state index contributed by atoms with van der Waals surface area (Å²) in [6, 6.07) is 10.1. The monoisotopic (exact) mass is 314 g/mol. The summed E-state index contributed by atoms with van der Waals surface area (Å²) in [6.45, 7) is 3.21. The van der Waals surface area contributed by atoms with Crippen LogP contribution in [0.2, 0.25) is 0 Å². The Hall–Kier alpha value is -2.18. The number of anilines is 1. The molecule has 3 aromatic heterocycles. The minimum Gasteiger partial charge on any atom is -0.394 e. The van der Waals surface area contributed by atoms with E-state index in [4.69, 9.17) is 0 Å². The van der Waals surface area contributed by atoms with Gasteiger partial charge in [-0.05, 0) is 30.0 Å². The van der Waals surface area contributed by atoms with Crippen molar-refractivity contribution in [2.24, 2.45) is 0 Å². The molecule has 114 valence electrons. The minimum atomic E-state index is 0.0617. The zero-order valence-corrected chi connectivity index (χ0v) is 13.2. The van der Waals surface area contributed by atoms with Crippen LogP contribution in [0.4, 0.5) is 5.82 Å². The van der Waals surface area contributed by atoms with Gasteiger partial charge in [0.15, 0.2) is 0 Å². The quantitative estimate of drug-likeness (QED) is 0.734. The van der Waals surface area contributed by atoms with E-state index in [1.807, 2.05) is 36.6 Å². The number of aliphatic hydroxyl groups is 1. The lowest BCUT2D eigenvalue weighted by Crippen LogP contribution is -2.10. The first-order valence-electron chi connectivity index (χ1n) is 7.15. The van der Waals surface area contributed by atoms with Gasteiger partial charge in [0.25, 0.3) is 0 Å². The highest BCUT2D eigenvalue weighted by atomic mass is 32.1. The molecule has 0 bridgehead atoms. The fourth-order valence-electron chi connectivity index (χ4n) is 2.26. The maximum absolute atomic E-state index is 9.22. The van der Waals surface area contributed by atoms with Crippen molar-refractivity contribution in [3.63, 3.8) is 0 Å². The molecule has 0 saturated heterocycles. The molecule has 0 fully saturated rings. The van der Waals surface area contributed by atoms with Gasteiger partial charge in [0.1, 0.15) is 11.5 Å². The van der Waals surface area contributed by atoms with Crippen LogP contribution in [0, 0.1) is 6.92 Å². The molecule has 0 aliphatic carbocycles. The summed E-state index contributed by atoms with van der Waals surface area (Å²) in [6.07, 6.45) is 1.80. The Balaban J connectivity index is 1.81. The summed E-state index contributed by atoms with van der Waals surface area (Å²) in [5.41, 5.74) is 3.09. The number of nitrogens with one attached hydrogen (secondary N) is 1. The molecule has 0 spiro atoms. The fourth-order valence-corrected chi connectivity index (χ4v) is 2.94. The zero-order chi connectivity index (χ0) is 15.4. The summed E-state index contributed by atoms with van der Waals surface area (Å²) >= 11 is 1.66. The Morgan fingerprint density at radius 2 is 2.23 bits per heavy atom. The molecule has 6 heteroatoms. The summed E-state index contributed by atoms with van der Waals surface area (Å²) in [5, 5.41) is 19.2. The van der Waals surface area contributed by atoms with Gasteiger partial charge >= 0.3 is 0 Å². The Labute approximate surface area is 133 Å². The minimum absolute atomic E-state index is 0.0617. The third-order valence-corrected chi connectivity index (χ3v) is 4.33. The highest BCUT2D eigenvalue weighted by Crippen LogP contribution is 2.26. The number of thiophene rings is 1. The van der Waals surface area contributed by atoms with Crippen LogP contribution in [-0.4, -0.2) is 26.5 Å². The summed E-state index contributed by atoms with van der Waals surface area (Å²) < 4.78 is 1.81. The molecule has 0 aliphatic rings. The van der Waals surface area contributed by atoms with Crippen molar-refractivity contribution in [3.05, 3.63) is 53.2 Å². The van der Waals surface area contributed by atoms with Gasteiger partial charge < -0.3 is 10.4 Å². The van der Waals surface area contributed by atoms with Gasteiger partial charge in [-0.25, -0.2) is 4.68 Å². The average Bonchev–Trinajstić information content (AvgIpc) is 3.16. The molecule has 0 aliphatic heterocycles. The number of aliphatic hydroxyl groups excluding tert-OH is 1. The van der Waals surface area contributed by atoms with Crippen LogP contribution in [0.25, 0.3) is 10.6 Å². The van der Waals surface area contributed by atoms with Crippen LogP contribution in [0.5, 0.6) is 0 Å². The second-order valence-electron chi connectivity index (χ2n) is 4.94. The maximum Gasteiger partial charge on any atom is 0.125 e. The molecule has 0 unspecified atom stereocenters. The smallest absolute Gasteiger partial charge is 0.125 e. The van der Waals surface area contributed by atoms with Crippen LogP contribution in [0.1, 0.15) is 11.3 Å². The second-order valence-corrected chi connectivity index (χ2v) is 5.89. The van der Waals surface area contributed by atoms with E-state index in [0.29, 0.717) is 13.1 Å². The molecular formula is C16H18N4OS. The van der Waals surface area contributed by atoms with Gasteiger partial charge in [-0.1, -0.05) is 12.1 Å². The summed E-state index contributed by atoms with van der Waals surface area (Å²) in [5.74, 6) is 0.903. The van der Waals surface area contributed by atoms with E-state index in [2.05, 4.69) is 21.5 Å². The van der Waals surface area contributed by atoms with E-state index in [1.165, 1.54) is 0 Å². The van der Waals surface area contributed by atoms with Crippen molar-refractivity contribution < 1.29 is 5.11 Å². The lowest BCUT2D eigenvalue weighted by molar-refractivity contribution is 0.270. The SMILES string of the molecule is Cc1ncccc1CNc1cc(-c2cccs2)nn1CCO. The zero-order valence-electron chi connectivity index (χ0n) is 12.4. The van der Waals surface area contributed by atoms with Crippen LogP contribution >= 0.6 is 11.3 Å². The van der Waals surface area contributed by atoms with E-state index in [9.17, 15) is 5.11 Å². The fraction of sp³-hybridized carbons (Fsp3) is 0.250. The lowest BCUT2D eigenvalue weighted by Gasteiger charge is -2.09.